The Bertz CT molecular complexity index is 839. The number of hydrogen-bond donors (Lipinski definition) is 1. The van der Waals surface area contributed by atoms with Crippen LogP contribution in [0.25, 0.3) is 22.5 Å². The lowest BCUT2D eigenvalue weighted by Crippen LogP contribution is -1.97. The van der Waals surface area contributed by atoms with Gasteiger partial charge in [-0.1, -0.05) is 0 Å². The Morgan fingerprint density at radius 3 is 1.29 bits per heavy atom. The van der Waals surface area contributed by atoms with Crippen molar-refractivity contribution in [1.29, 1.82) is 0 Å². The zero-order valence-corrected chi connectivity index (χ0v) is 12.2. The molecule has 0 atom stereocenters. The molecule has 1 aromatic heterocycles. The summed E-state index contributed by atoms with van der Waals surface area (Å²) in [7, 11) is 0. The zero-order valence-electron chi connectivity index (χ0n) is 12.2. The van der Waals surface area contributed by atoms with Crippen LogP contribution in [0.3, 0.4) is 0 Å². The van der Waals surface area contributed by atoms with Gasteiger partial charge in [0.15, 0.2) is 0 Å². The maximum atomic E-state index is 10.7. The number of benzene rings is 2. The standard InChI is InChI=1S/C16H11N3O5/c20-17-15(11-1-5-13(6-2-11)18(21)22)9-10-16(17)12-3-7-14(8-4-12)19(23)24/h1-10,20H. The normalized spacial score (nSPS) is 10.5. The number of nitro groups is 2. The Balaban J connectivity index is 1.96. The first-order chi connectivity index (χ1) is 11.5. The van der Waals surface area contributed by atoms with E-state index in [2.05, 4.69) is 0 Å². The van der Waals surface area contributed by atoms with Gasteiger partial charge in [-0.3, -0.25) is 20.2 Å². The van der Waals surface area contributed by atoms with Crippen LogP contribution >= 0.6 is 0 Å². The van der Waals surface area contributed by atoms with Gasteiger partial charge in [0.25, 0.3) is 11.4 Å². The number of rotatable bonds is 4. The van der Waals surface area contributed by atoms with E-state index in [9.17, 15) is 25.4 Å². The van der Waals surface area contributed by atoms with Crippen molar-refractivity contribution in [3.63, 3.8) is 0 Å². The van der Waals surface area contributed by atoms with Crippen molar-refractivity contribution in [2.75, 3.05) is 0 Å². The molecule has 24 heavy (non-hydrogen) atoms. The van der Waals surface area contributed by atoms with Crippen LogP contribution < -0.4 is 0 Å². The maximum absolute atomic E-state index is 10.7. The van der Waals surface area contributed by atoms with Crippen LogP contribution in [-0.2, 0) is 0 Å². The minimum atomic E-state index is -0.496. The monoisotopic (exact) mass is 325 g/mol. The van der Waals surface area contributed by atoms with Crippen LogP contribution in [0.2, 0.25) is 0 Å². The molecule has 120 valence electrons. The molecule has 3 aromatic rings. The molecular formula is C16H11N3O5. The predicted molar refractivity (Wildman–Crippen MR) is 85.8 cm³/mol. The van der Waals surface area contributed by atoms with Gasteiger partial charge in [0.1, 0.15) is 0 Å². The molecule has 0 aliphatic heterocycles. The summed E-state index contributed by atoms with van der Waals surface area (Å²) in [5.74, 6) is 0. The maximum Gasteiger partial charge on any atom is 0.269 e. The summed E-state index contributed by atoms with van der Waals surface area (Å²) in [4.78, 5) is 20.4. The third kappa shape index (κ3) is 2.68. The molecule has 0 saturated carbocycles. The molecule has 0 aliphatic rings. The Labute approximate surface area is 135 Å². The third-order valence-corrected chi connectivity index (χ3v) is 3.60. The van der Waals surface area contributed by atoms with Crippen LogP contribution in [0.1, 0.15) is 0 Å². The van der Waals surface area contributed by atoms with Gasteiger partial charge in [-0.15, -0.1) is 0 Å². The molecule has 2 aromatic carbocycles. The quantitative estimate of drug-likeness (QED) is 0.444. The predicted octanol–water partition coefficient (Wildman–Crippen LogP) is 3.88. The smallest absolute Gasteiger partial charge is 0.269 e. The lowest BCUT2D eigenvalue weighted by molar-refractivity contribution is -0.385. The number of non-ortho nitro benzene ring substituents is 2. The minimum absolute atomic E-state index is 0.0367. The molecule has 0 fully saturated rings. The van der Waals surface area contributed by atoms with Crippen molar-refractivity contribution >= 4 is 11.4 Å². The first-order valence-electron chi connectivity index (χ1n) is 6.88. The summed E-state index contributed by atoms with van der Waals surface area (Å²) in [6, 6.07) is 14.9. The second-order valence-corrected chi connectivity index (χ2v) is 5.02. The molecular weight excluding hydrogens is 314 g/mol. The van der Waals surface area contributed by atoms with E-state index in [1.807, 2.05) is 0 Å². The van der Waals surface area contributed by atoms with Crippen LogP contribution in [-0.4, -0.2) is 19.8 Å². The lowest BCUT2D eigenvalue weighted by Gasteiger charge is -2.06. The second-order valence-electron chi connectivity index (χ2n) is 5.02. The molecule has 8 heteroatoms. The summed E-state index contributed by atoms with van der Waals surface area (Å²) < 4.78 is 0.947. The SMILES string of the molecule is O=[N+]([O-])c1ccc(-c2ccc(-c3ccc([N+](=O)[O-])cc3)n2O)cc1. The topological polar surface area (TPSA) is 111 Å². The van der Waals surface area contributed by atoms with Crippen molar-refractivity contribution < 1.29 is 15.1 Å². The van der Waals surface area contributed by atoms with Gasteiger partial charge in [0, 0.05) is 35.4 Å². The van der Waals surface area contributed by atoms with Gasteiger partial charge < -0.3 is 5.21 Å². The zero-order chi connectivity index (χ0) is 17.3. The summed E-state index contributed by atoms with van der Waals surface area (Å²) in [5.41, 5.74) is 2.06. The van der Waals surface area contributed by atoms with E-state index in [4.69, 9.17) is 0 Å². The van der Waals surface area contributed by atoms with E-state index in [1.54, 1.807) is 36.4 Å². The highest BCUT2D eigenvalue weighted by molar-refractivity contribution is 5.70. The average molecular weight is 325 g/mol. The van der Waals surface area contributed by atoms with Gasteiger partial charge >= 0.3 is 0 Å². The number of hydrogen-bond acceptors (Lipinski definition) is 5. The van der Waals surface area contributed by atoms with Crippen LogP contribution in [0.5, 0.6) is 0 Å². The molecule has 0 spiro atoms. The number of aromatic nitrogens is 1. The highest BCUT2D eigenvalue weighted by Crippen LogP contribution is 2.29. The molecule has 1 heterocycles. The Morgan fingerprint density at radius 2 is 1.00 bits per heavy atom. The first-order valence-corrected chi connectivity index (χ1v) is 6.88. The van der Waals surface area contributed by atoms with E-state index >= 15 is 0 Å². The van der Waals surface area contributed by atoms with Crippen LogP contribution in [0.15, 0.2) is 60.7 Å². The second kappa shape index (κ2) is 5.84. The van der Waals surface area contributed by atoms with Crippen LogP contribution in [0.4, 0.5) is 11.4 Å². The number of nitro benzene ring substituents is 2. The largest absolute Gasteiger partial charge is 0.428 e. The van der Waals surface area contributed by atoms with Gasteiger partial charge in [0.2, 0.25) is 0 Å². The van der Waals surface area contributed by atoms with Crippen molar-refractivity contribution in [2.24, 2.45) is 0 Å². The van der Waals surface area contributed by atoms with Crippen molar-refractivity contribution in [1.82, 2.24) is 4.73 Å². The minimum Gasteiger partial charge on any atom is -0.428 e. The Morgan fingerprint density at radius 1 is 0.667 bits per heavy atom. The first kappa shape index (κ1) is 15.2. The molecule has 8 nitrogen and oxygen atoms in total. The molecule has 3 rings (SSSR count). The average Bonchev–Trinajstić information content (AvgIpc) is 2.96. The van der Waals surface area contributed by atoms with Crippen molar-refractivity contribution in [3.05, 3.63) is 80.9 Å². The molecule has 0 aliphatic carbocycles. The van der Waals surface area contributed by atoms with E-state index in [-0.39, 0.29) is 11.4 Å². The molecule has 0 radical (unpaired) electrons. The molecule has 0 unspecified atom stereocenters. The highest BCUT2D eigenvalue weighted by atomic mass is 16.6. The van der Waals surface area contributed by atoms with Gasteiger partial charge in [-0.25, -0.2) is 0 Å². The Kier molecular flexibility index (Phi) is 3.70. The summed E-state index contributed by atoms with van der Waals surface area (Å²) in [6.45, 7) is 0. The Hall–Kier alpha value is -3.68. The van der Waals surface area contributed by atoms with Gasteiger partial charge in [-0.05, 0) is 36.4 Å². The molecule has 0 saturated heterocycles. The fraction of sp³-hybridized carbons (Fsp3) is 0. The molecule has 0 amide bonds. The third-order valence-electron chi connectivity index (χ3n) is 3.60. The van der Waals surface area contributed by atoms with E-state index in [0.717, 1.165) is 4.73 Å². The van der Waals surface area contributed by atoms with Crippen LogP contribution in [0, 0.1) is 20.2 Å². The summed E-state index contributed by atoms with van der Waals surface area (Å²) in [5, 5.41) is 31.7. The van der Waals surface area contributed by atoms with Gasteiger partial charge in [0.05, 0.1) is 21.2 Å². The summed E-state index contributed by atoms with van der Waals surface area (Å²) in [6.07, 6.45) is 0. The van der Waals surface area contributed by atoms with Gasteiger partial charge in [-0.2, -0.15) is 4.73 Å². The fourth-order valence-corrected chi connectivity index (χ4v) is 2.37. The van der Waals surface area contributed by atoms with E-state index < -0.39 is 9.85 Å². The molecule has 0 bridgehead atoms. The van der Waals surface area contributed by atoms with Crippen molar-refractivity contribution in [3.8, 4) is 22.5 Å². The highest BCUT2D eigenvalue weighted by Gasteiger charge is 2.13. The lowest BCUT2D eigenvalue weighted by atomic mass is 10.1. The van der Waals surface area contributed by atoms with Crippen molar-refractivity contribution in [2.45, 2.75) is 0 Å². The summed E-state index contributed by atoms with van der Waals surface area (Å²) >= 11 is 0. The van der Waals surface area contributed by atoms with E-state index in [0.29, 0.717) is 22.5 Å². The molecule has 1 N–H and O–H groups in total. The fourth-order valence-electron chi connectivity index (χ4n) is 2.37. The van der Waals surface area contributed by atoms with E-state index in [1.165, 1.54) is 24.3 Å². The number of nitrogens with zero attached hydrogens (tertiary/aromatic N) is 3.